The second kappa shape index (κ2) is 4.08. The monoisotopic (exact) mass is 230 g/mol. The van der Waals surface area contributed by atoms with Gasteiger partial charge in [0.1, 0.15) is 11.4 Å². The van der Waals surface area contributed by atoms with E-state index in [0.29, 0.717) is 11.4 Å². The average molecular weight is 230 g/mol. The van der Waals surface area contributed by atoms with Crippen molar-refractivity contribution < 1.29 is 4.79 Å². The summed E-state index contributed by atoms with van der Waals surface area (Å²) in [6.45, 7) is 5.60. The van der Waals surface area contributed by atoms with Crippen molar-refractivity contribution in [1.29, 1.82) is 0 Å². The summed E-state index contributed by atoms with van der Waals surface area (Å²) >= 11 is 0. The molecule has 17 heavy (non-hydrogen) atoms. The molecule has 0 N–H and O–H groups in total. The molecule has 0 bridgehead atoms. The highest BCUT2D eigenvalue weighted by molar-refractivity contribution is 6.00. The molecule has 0 aliphatic rings. The van der Waals surface area contributed by atoms with Gasteiger partial charge in [0.15, 0.2) is 5.78 Å². The van der Waals surface area contributed by atoms with Gasteiger partial charge in [-0.3, -0.25) is 9.78 Å². The topological polar surface area (TPSA) is 60.7 Å². The lowest BCUT2D eigenvalue weighted by molar-refractivity contribution is 0.0852. The normalized spacial score (nSPS) is 11.5. The van der Waals surface area contributed by atoms with Gasteiger partial charge in [-0.05, 0) is 12.1 Å². The highest BCUT2D eigenvalue weighted by Gasteiger charge is 2.27. The second-order valence-corrected chi connectivity index (χ2v) is 4.77. The van der Waals surface area contributed by atoms with Crippen LogP contribution in [0.2, 0.25) is 0 Å². The molecule has 88 valence electrons. The molecule has 0 aliphatic carbocycles. The first kappa shape index (κ1) is 11.4. The zero-order valence-corrected chi connectivity index (χ0v) is 10.1. The van der Waals surface area contributed by atoms with E-state index >= 15 is 0 Å². The van der Waals surface area contributed by atoms with E-state index in [0.717, 1.165) is 0 Å². The Morgan fingerprint density at radius 3 is 2.41 bits per heavy atom. The lowest BCUT2D eigenvalue weighted by Crippen LogP contribution is -2.23. The van der Waals surface area contributed by atoms with E-state index in [1.807, 2.05) is 20.8 Å². The fraction of sp³-hybridized carbons (Fsp3) is 0.333. The average Bonchev–Trinajstić information content (AvgIpc) is 2.80. The molecule has 0 aromatic carbocycles. The van der Waals surface area contributed by atoms with Crippen LogP contribution in [0.15, 0.2) is 30.7 Å². The number of carbonyl (C=O) groups excluding carboxylic acids is 1. The van der Waals surface area contributed by atoms with Gasteiger partial charge < -0.3 is 0 Å². The number of rotatable bonds is 2. The fourth-order valence-corrected chi connectivity index (χ4v) is 1.43. The molecule has 0 fully saturated rings. The summed E-state index contributed by atoms with van der Waals surface area (Å²) in [5.74, 6) is -0.0228. The molecule has 0 saturated carbocycles. The SMILES string of the molecule is CC(C)(C)C(=O)c1ncccc1-n1nccn1. The van der Waals surface area contributed by atoms with Gasteiger partial charge in [-0.2, -0.15) is 10.2 Å². The number of Topliss-reactive ketones (excluding diaryl/α,β-unsaturated/α-hetero) is 1. The van der Waals surface area contributed by atoms with Crippen molar-refractivity contribution in [2.75, 3.05) is 0 Å². The van der Waals surface area contributed by atoms with Crippen LogP contribution in [0.4, 0.5) is 0 Å². The van der Waals surface area contributed by atoms with Crippen LogP contribution in [0.5, 0.6) is 0 Å². The maximum Gasteiger partial charge on any atom is 0.188 e. The van der Waals surface area contributed by atoms with E-state index in [9.17, 15) is 4.79 Å². The summed E-state index contributed by atoms with van der Waals surface area (Å²) in [4.78, 5) is 17.8. The molecule has 2 aromatic rings. The Hall–Kier alpha value is -2.04. The molecule has 0 aliphatic heterocycles. The zero-order chi connectivity index (χ0) is 12.5. The predicted molar refractivity (Wildman–Crippen MR) is 62.9 cm³/mol. The third-order valence-corrected chi connectivity index (χ3v) is 2.32. The summed E-state index contributed by atoms with van der Waals surface area (Å²) in [6.07, 6.45) is 4.74. The van der Waals surface area contributed by atoms with Crippen molar-refractivity contribution in [3.63, 3.8) is 0 Å². The number of hydrogen-bond acceptors (Lipinski definition) is 4. The van der Waals surface area contributed by atoms with Crippen LogP contribution in [0.3, 0.4) is 0 Å². The lowest BCUT2D eigenvalue weighted by atomic mass is 9.88. The standard InChI is InChI=1S/C12H14N4O/c1-12(2,3)11(17)10-9(5-4-6-13-10)16-14-7-8-15-16/h4-8H,1-3H3. The van der Waals surface area contributed by atoms with Crippen LogP contribution in [0, 0.1) is 5.41 Å². The van der Waals surface area contributed by atoms with Crippen molar-refractivity contribution in [2.24, 2.45) is 5.41 Å². The van der Waals surface area contributed by atoms with E-state index < -0.39 is 5.41 Å². The van der Waals surface area contributed by atoms with Crippen LogP contribution < -0.4 is 0 Å². The van der Waals surface area contributed by atoms with Gasteiger partial charge in [0.2, 0.25) is 0 Å². The van der Waals surface area contributed by atoms with Gasteiger partial charge in [-0.15, -0.1) is 4.80 Å². The number of nitrogens with zero attached hydrogens (tertiary/aromatic N) is 4. The number of pyridine rings is 1. The third kappa shape index (κ3) is 2.22. The fourth-order valence-electron chi connectivity index (χ4n) is 1.43. The molecular formula is C12H14N4O. The van der Waals surface area contributed by atoms with E-state index in [4.69, 9.17) is 0 Å². The molecule has 2 aromatic heterocycles. The summed E-state index contributed by atoms with van der Waals surface area (Å²) in [7, 11) is 0. The Morgan fingerprint density at radius 2 is 1.82 bits per heavy atom. The van der Waals surface area contributed by atoms with Gasteiger partial charge in [0, 0.05) is 11.6 Å². The predicted octanol–water partition coefficient (Wildman–Crippen LogP) is 1.89. The van der Waals surface area contributed by atoms with Crippen molar-refractivity contribution in [3.8, 4) is 5.69 Å². The van der Waals surface area contributed by atoms with Gasteiger partial charge in [0.25, 0.3) is 0 Å². The van der Waals surface area contributed by atoms with Crippen LogP contribution >= 0.6 is 0 Å². The minimum atomic E-state index is -0.476. The van der Waals surface area contributed by atoms with Crippen LogP contribution in [0.1, 0.15) is 31.3 Å². The zero-order valence-electron chi connectivity index (χ0n) is 10.1. The summed E-state index contributed by atoms with van der Waals surface area (Å²) in [5, 5.41) is 8.05. The van der Waals surface area contributed by atoms with Gasteiger partial charge >= 0.3 is 0 Å². The molecule has 2 rings (SSSR count). The molecule has 0 radical (unpaired) electrons. The molecule has 5 nitrogen and oxygen atoms in total. The Morgan fingerprint density at radius 1 is 1.18 bits per heavy atom. The quantitative estimate of drug-likeness (QED) is 0.739. The lowest BCUT2D eigenvalue weighted by Gasteiger charge is -2.17. The minimum Gasteiger partial charge on any atom is -0.292 e. The Bertz CT molecular complexity index is 526. The van der Waals surface area contributed by atoms with Crippen molar-refractivity contribution in [1.82, 2.24) is 20.0 Å². The second-order valence-electron chi connectivity index (χ2n) is 4.77. The number of aromatic nitrogens is 4. The molecule has 0 saturated heterocycles. The van der Waals surface area contributed by atoms with E-state index in [1.54, 1.807) is 30.7 Å². The number of ketones is 1. The summed E-state index contributed by atoms with van der Waals surface area (Å²) in [5.41, 5.74) is 0.532. The van der Waals surface area contributed by atoms with Crippen molar-refractivity contribution in [3.05, 3.63) is 36.4 Å². The Kier molecular flexibility index (Phi) is 2.75. The maximum absolute atomic E-state index is 12.3. The van der Waals surface area contributed by atoms with Gasteiger partial charge in [-0.1, -0.05) is 20.8 Å². The van der Waals surface area contributed by atoms with E-state index in [-0.39, 0.29) is 5.78 Å². The third-order valence-electron chi connectivity index (χ3n) is 2.32. The molecule has 0 atom stereocenters. The summed E-state index contributed by atoms with van der Waals surface area (Å²) in [6, 6.07) is 3.55. The Balaban J connectivity index is 2.53. The largest absolute Gasteiger partial charge is 0.292 e. The molecule has 0 unspecified atom stereocenters. The van der Waals surface area contributed by atoms with Crippen molar-refractivity contribution in [2.45, 2.75) is 20.8 Å². The van der Waals surface area contributed by atoms with Crippen LogP contribution in [-0.4, -0.2) is 25.8 Å². The van der Waals surface area contributed by atoms with E-state index in [2.05, 4.69) is 15.2 Å². The molecule has 0 amide bonds. The number of hydrogen-bond donors (Lipinski definition) is 0. The van der Waals surface area contributed by atoms with Crippen molar-refractivity contribution >= 4 is 5.78 Å². The van der Waals surface area contributed by atoms with Gasteiger partial charge in [0.05, 0.1) is 12.4 Å². The first-order valence-electron chi connectivity index (χ1n) is 5.36. The minimum absolute atomic E-state index is 0.0228. The Labute approximate surface area is 99.5 Å². The maximum atomic E-state index is 12.3. The first-order chi connectivity index (χ1) is 8.00. The highest BCUT2D eigenvalue weighted by atomic mass is 16.1. The van der Waals surface area contributed by atoms with Gasteiger partial charge in [-0.25, -0.2) is 0 Å². The van der Waals surface area contributed by atoms with Crippen LogP contribution in [-0.2, 0) is 0 Å². The molecule has 0 spiro atoms. The first-order valence-corrected chi connectivity index (χ1v) is 5.36. The summed E-state index contributed by atoms with van der Waals surface area (Å²) < 4.78 is 0. The molecular weight excluding hydrogens is 216 g/mol. The smallest absolute Gasteiger partial charge is 0.188 e. The molecule has 5 heteroatoms. The van der Waals surface area contributed by atoms with E-state index in [1.165, 1.54) is 4.80 Å². The molecule has 2 heterocycles. The highest BCUT2D eigenvalue weighted by Crippen LogP contribution is 2.22. The number of carbonyl (C=O) groups is 1. The van der Waals surface area contributed by atoms with Crippen LogP contribution in [0.25, 0.3) is 5.69 Å².